The summed E-state index contributed by atoms with van der Waals surface area (Å²) in [6, 6.07) is 27.2. The fraction of sp³-hybridized carbons (Fsp3) is 0.192. The number of hydrogen-bond acceptors (Lipinski definition) is 7. The van der Waals surface area contributed by atoms with Gasteiger partial charge in [-0.3, -0.25) is 4.90 Å². The SMILES string of the molecule is Nc1nc(N2CCN(C(c3ccccc3)c3ccccc3)CC2)cc2nc(-c3ccco3)nn12. The first kappa shape index (κ1) is 20.4. The van der Waals surface area contributed by atoms with Crippen LogP contribution in [0, 0.1) is 0 Å². The summed E-state index contributed by atoms with van der Waals surface area (Å²) >= 11 is 0. The second kappa shape index (κ2) is 8.64. The summed E-state index contributed by atoms with van der Waals surface area (Å²) in [5.41, 5.74) is 9.51. The Bertz CT molecular complexity index is 1340. The Balaban J connectivity index is 1.24. The van der Waals surface area contributed by atoms with Crippen molar-refractivity contribution >= 4 is 17.4 Å². The molecule has 6 rings (SSSR count). The van der Waals surface area contributed by atoms with Gasteiger partial charge in [0.05, 0.1) is 12.3 Å². The van der Waals surface area contributed by atoms with Crippen molar-refractivity contribution in [3.05, 3.63) is 96.3 Å². The van der Waals surface area contributed by atoms with Gasteiger partial charge in [0.25, 0.3) is 0 Å². The molecule has 0 bridgehead atoms. The summed E-state index contributed by atoms with van der Waals surface area (Å²) in [6.07, 6.45) is 1.60. The second-order valence-corrected chi connectivity index (χ2v) is 8.40. The Hall–Kier alpha value is -4.17. The molecule has 0 unspecified atom stereocenters. The highest BCUT2D eigenvalue weighted by molar-refractivity contribution is 5.59. The quantitative estimate of drug-likeness (QED) is 0.434. The molecule has 0 amide bonds. The fourth-order valence-corrected chi connectivity index (χ4v) is 4.66. The molecule has 1 aliphatic heterocycles. The fourth-order valence-electron chi connectivity index (χ4n) is 4.66. The van der Waals surface area contributed by atoms with E-state index in [1.54, 1.807) is 10.8 Å². The summed E-state index contributed by atoms with van der Waals surface area (Å²) in [5.74, 6) is 2.23. The predicted octanol–water partition coefficient (Wildman–Crippen LogP) is 3.88. The number of rotatable bonds is 5. The standard InChI is InChI=1S/C26H25N7O/c27-26-29-22(18-23-28-25(30-33(23)26)21-12-7-17-34-21)31-13-15-32(16-14-31)24(19-8-3-1-4-9-19)20-10-5-2-6-11-20/h1-12,17-18,24H,13-16H2,(H2,27,29). The molecule has 2 N–H and O–H groups in total. The minimum atomic E-state index is 0.220. The maximum Gasteiger partial charge on any atom is 0.225 e. The normalized spacial score (nSPS) is 14.8. The molecule has 0 spiro atoms. The number of aromatic nitrogens is 4. The number of nitrogens with zero attached hydrogens (tertiary/aromatic N) is 6. The summed E-state index contributed by atoms with van der Waals surface area (Å²) in [4.78, 5) is 14.0. The van der Waals surface area contributed by atoms with Crippen LogP contribution in [0.5, 0.6) is 0 Å². The van der Waals surface area contributed by atoms with Crippen LogP contribution in [-0.2, 0) is 0 Å². The monoisotopic (exact) mass is 451 g/mol. The van der Waals surface area contributed by atoms with Gasteiger partial charge in [-0.2, -0.15) is 9.50 Å². The molecule has 8 heteroatoms. The van der Waals surface area contributed by atoms with Crippen LogP contribution in [0.15, 0.2) is 89.5 Å². The van der Waals surface area contributed by atoms with E-state index in [-0.39, 0.29) is 6.04 Å². The molecule has 0 radical (unpaired) electrons. The van der Waals surface area contributed by atoms with E-state index >= 15 is 0 Å². The maximum absolute atomic E-state index is 6.24. The lowest BCUT2D eigenvalue weighted by molar-refractivity contribution is 0.212. The lowest BCUT2D eigenvalue weighted by Crippen LogP contribution is -2.48. The highest BCUT2D eigenvalue weighted by Gasteiger charge is 2.27. The third-order valence-electron chi connectivity index (χ3n) is 6.31. The molecule has 4 heterocycles. The molecule has 1 saturated heterocycles. The van der Waals surface area contributed by atoms with E-state index in [4.69, 9.17) is 10.2 Å². The predicted molar refractivity (Wildman–Crippen MR) is 131 cm³/mol. The summed E-state index contributed by atoms with van der Waals surface area (Å²) < 4.78 is 6.98. The van der Waals surface area contributed by atoms with Crippen molar-refractivity contribution in [2.45, 2.75) is 6.04 Å². The van der Waals surface area contributed by atoms with E-state index in [0.29, 0.717) is 23.2 Å². The van der Waals surface area contributed by atoms with E-state index in [0.717, 1.165) is 32.0 Å². The number of piperazine rings is 1. The average Bonchev–Trinajstić information content (AvgIpc) is 3.57. The van der Waals surface area contributed by atoms with E-state index in [1.165, 1.54) is 11.1 Å². The van der Waals surface area contributed by atoms with Gasteiger partial charge in [0.1, 0.15) is 5.82 Å². The molecule has 8 nitrogen and oxygen atoms in total. The van der Waals surface area contributed by atoms with E-state index < -0.39 is 0 Å². The molecule has 5 aromatic rings. The van der Waals surface area contributed by atoms with Gasteiger partial charge >= 0.3 is 0 Å². The van der Waals surface area contributed by atoms with Crippen molar-refractivity contribution in [2.75, 3.05) is 36.8 Å². The number of benzene rings is 2. The highest BCUT2D eigenvalue weighted by Crippen LogP contribution is 2.30. The summed E-state index contributed by atoms with van der Waals surface area (Å²) in [7, 11) is 0. The van der Waals surface area contributed by atoms with Gasteiger partial charge in [0.15, 0.2) is 11.4 Å². The van der Waals surface area contributed by atoms with Crippen LogP contribution in [0.2, 0.25) is 0 Å². The van der Waals surface area contributed by atoms with Gasteiger partial charge in [-0.25, -0.2) is 4.98 Å². The van der Waals surface area contributed by atoms with Crippen molar-refractivity contribution in [1.82, 2.24) is 24.5 Å². The number of anilines is 2. The third kappa shape index (κ3) is 3.78. The lowest BCUT2D eigenvalue weighted by Gasteiger charge is -2.40. The number of nitrogens with two attached hydrogens (primary N) is 1. The lowest BCUT2D eigenvalue weighted by atomic mass is 9.96. The van der Waals surface area contributed by atoms with Gasteiger partial charge in [-0.15, -0.1) is 5.10 Å². The Morgan fingerprint density at radius 1 is 0.794 bits per heavy atom. The van der Waals surface area contributed by atoms with Crippen molar-refractivity contribution in [2.24, 2.45) is 0 Å². The van der Waals surface area contributed by atoms with Gasteiger partial charge < -0.3 is 15.1 Å². The first-order valence-electron chi connectivity index (χ1n) is 11.4. The third-order valence-corrected chi connectivity index (χ3v) is 6.31. The Kier molecular flexibility index (Phi) is 5.20. The zero-order valence-electron chi connectivity index (χ0n) is 18.7. The van der Waals surface area contributed by atoms with Gasteiger partial charge in [-0.1, -0.05) is 60.7 Å². The van der Waals surface area contributed by atoms with Crippen LogP contribution in [-0.4, -0.2) is 50.7 Å². The number of nitrogen functional groups attached to an aromatic ring is 1. The topological polar surface area (TPSA) is 88.7 Å². The minimum Gasteiger partial charge on any atom is -0.461 e. The van der Waals surface area contributed by atoms with Crippen molar-refractivity contribution in [3.8, 4) is 11.6 Å². The molecule has 1 fully saturated rings. The van der Waals surface area contributed by atoms with Crippen LogP contribution in [0.1, 0.15) is 17.2 Å². The molecule has 170 valence electrons. The van der Waals surface area contributed by atoms with Crippen LogP contribution in [0.3, 0.4) is 0 Å². The average molecular weight is 452 g/mol. The smallest absolute Gasteiger partial charge is 0.225 e. The van der Waals surface area contributed by atoms with Gasteiger partial charge in [0.2, 0.25) is 11.8 Å². The molecule has 0 atom stereocenters. The van der Waals surface area contributed by atoms with E-state index in [9.17, 15) is 0 Å². The number of fused-ring (bicyclic) bond motifs is 1. The van der Waals surface area contributed by atoms with Crippen molar-refractivity contribution < 1.29 is 4.42 Å². The van der Waals surface area contributed by atoms with Crippen molar-refractivity contribution in [3.63, 3.8) is 0 Å². The van der Waals surface area contributed by atoms with E-state index in [2.05, 4.69) is 85.5 Å². The first-order valence-corrected chi connectivity index (χ1v) is 11.4. The molecule has 0 aliphatic carbocycles. The Morgan fingerprint density at radius 2 is 1.47 bits per heavy atom. The Labute approximate surface area is 197 Å². The van der Waals surface area contributed by atoms with Crippen LogP contribution < -0.4 is 10.6 Å². The summed E-state index contributed by atoms with van der Waals surface area (Å²) in [5, 5.41) is 4.44. The van der Waals surface area contributed by atoms with Gasteiger partial charge in [0, 0.05) is 32.2 Å². The molecule has 1 aliphatic rings. The van der Waals surface area contributed by atoms with Crippen LogP contribution in [0.25, 0.3) is 17.2 Å². The zero-order chi connectivity index (χ0) is 22.9. The van der Waals surface area contributed by atoms with Crippen molar-refractivity contribution in [1.29, 1.82) is 0 Å². The Morgan fingerprint density at radius 3 is 2.09 bits per heavy atom. The molecule has 2 aromatic carbocycles. The van der Waals surface area contributed by atoms with Crippen LogP contribution in [0.4, 0.5) is 11.8 Å². The number of hydrogen-bond donors (Lipinski definition) is 1. The molecule has 3 aromatic heterocycles. The molecular formula is C26H25N7O. The first-order chi connectivity index (χ1) is 16.8. The number of furan rings is 1. The molecule has 0 saturated carbocycles. The van der Waals surface area contributed by atoms with Crippen LogP contribution >= 0.6 is 0 Å². The molecule has 34 heavy (non-hydrogen) atoms. The maximum atomic E-state index is 6.24. The minimum absolute atomic E-state index is 0.220. The van der Waals surface area contributed by atoms with E-state index in [1.807, 2.05) is 18.2 Å². The zero-order valence-corrected chi connectivity index (χ0v) is 18.7. The van der Waals surface area contributed by atoms with Gasteiger partial charge in [-0.05, 0) is 23.3 Å². The highest BCUT2D eigenvalue weighted by atomic mass is 16.3. The molecular weight excluding hydrogens is 426 g/mol. The summed E-state index contributed by atoms with van der Waals surface area (Å²) in [6.45, 7) is 3.51. The largest absolute Gasteiger partial charge is 0.461 e. The second-order valence-electron chi connectivity index (χ2n) is 8.40.